The molecule has 2 aromatic carbocycles. The number of rotatable bonds is 0. The molecule has 0 bridgehead atoms. The summed E-state index contributed by atoms with van der Waals surface area (Å²) in [7, 11) is 0. The summed E-state index contributed by atoms with van der Waals surface area (Å²) in [6.45, 7) is 0. The summed E-state index contributed by atoms with van der Waals surface area (Å²) in [5, 5.41) is 2.44. The SMILES string of the molecule is [Na+].[c-]1cccc2ccccc12. The number of hydrogen-bond donors (Lipinski definition) is 0. The third-order valence-electron chi connectivity index (χ3n) is 1.57. The van der Waals surface area contributed by atoms with Crippen molar-refractivity contribution < 1.29 is 29.6 Å². The van der Waals surface area contributed by atoms with Gasteiger partial charge in [0.05, 0.1) is 0 Å². The fourth-order valence-electron chi connectivity index (χ4n) is 1.06. The molecular formula is C10H7Na. The van der Waals surface area contributed by atoms with Crippen molar-refractivity contribution in [2.24, 2.45) is 0 Å². The van der Waals surface area contributed by atoms with Crippen LogP contribution in [0.15, 0.2) is 42.5 Å². The first-order valence-corrected chi connectivity index (χ1v) is 3.32. The molecule has 0 aliphatic rings. The van der Waals surface area contributed by atoms with Gasteiger partial charge in [0, 0.05) is 0 Å². The second-order valence-electron chi connectivity index (χ2n) is 2.26. The largest absolute Gasteiger partial charge is 1.00 e. The Labute approximate surface area is 88.5 Å². The Balaban J connectivity index is 0.000000605. The molecule has 0 N–H and O–H groups in total. The van der Waals surface area contributed by atoms with E-state index in [0.717, 1.165) is 0 Å². The van der Waals surface area contributed by atoms with E-state index in [1.54, 1.807) is 0 Å². The van der Waals surface area contributed by atoms with Crippen molar-refractivity contribution in [3.63, 3.8) is 0 Å². The van der Waals surface area contributed by atoms with Crippen LogP contribution in [0.4, 0.5) is 0 Å². The van der Waals surface area contributed by atoms with Gasteiger partial charge in [-0.25, -0.2) is 0 Å². The quantitative estimate of drug-likeness (QED) is 0.355. The van der Waals surface area contributed by atoms with Gasteiger partial charge in [-0.2, -0.15) is 0 Å². The molecule has 0 aliphatic carbocycles. The molecule has 0 saturated carbocycles. The maximum absolute atomic E-state index is 3.15. The van der Waals surface area contributed by atoms with Crippen molar-refractivity contribution in [2.45, 2.75) is 0 Å². The van der Waals surface area contributed by atoms with Crippen LogP contribution in [0.5, 0.6) is 0 Å². The van der Waals surface area contributed by atoms with E-state index in [0.29, 0.717) is 0 Å². The molecule has 2 aromatic rings. The minimum absolute atomic E-state index is 0. The molecule has 0 amide bonds. The van der Waals surface area contributed by atoms with Crippen LogP contribution in [-0.4, -0.2) is 0 Å². The Morgan fingerprint density at radius 3 is 2.45 bits per heavy atom. The summed E-state index contributed by atoms with van der Waals surface area (Å²) in [5.74, 6) is 0. The molecule has 1 heteroatoms. The predicted octanol–water partition coefficient (Wildman–Crippen LogP) is -0.356. The average molecular weight is 150 g/mol. The molecule has 0 aliphatic heterocycles. The summed E-state index contributed by atoms with van der Waals surface area (Å²) in [5.41, 5.74) is 0. The Bertz CT molecular complexity index is 276. The molecule has 48 valence electrons. The van der Waals surface area contributed by atoms with Crippen molar-refractivity contribution in [3.05, 3.63) is 48.5 Å². The minimum atomic E-state index is 0. The maximum Gasteiger partial charge on any atom is 1.00 e. The minimum Gasteiger partial charge on any atom is -0.147 e. The topological polar surface area (TPSA) is 0 Å². The second-order valence-corrected chi connectivity index (χ2v) is 2.26. The normalized spacial score (nSPS) is 9.09. The van der Waals surface area contributed by atoms with Crippen LogP contribution in [-0.2, 0) is 0 Å². The van der Waals surface area contributed by atoms with E-state index in [9.17, 15) is 0 Å². The maximum atomic E-state index is 3.15. The summed E-state index contributed by atoms with van der Waals surface area (Å²) >= 11 is 0. The van der Waals surface area contributed by atoms with Gasteiger partial charge in [0.2, 0.25) is 0 Å². The second kappa shape index (κ2) is 3.91. The fourth-order valence-corrected chi connectivity index (χ4v) is 1.06. The first kappa shape index (κ1) is 8.79. The van der Waals surface area contributed by atoms with Gasteiger partial charge in [-0.3, -0.25) is 0 Å². The molecule has 11 heavy (non-hydrogen) atoms. The summed E-state index contributed by atoms with van der Waals surface area (Å²) in [6.07, 6.45) is 0. The molecule has 0 heterocycles. The Morgan fingerprint density at radius 2 is 1.64 bits per heavy atom. The zero-order valence-corrected chi connectivity index (χ0v) is 8.54. The smallest absolute Gasteiger partial charge is 0.147 e. The molecule has 0 atom stereocenters. The summed E-state index contributed by atoms with van der Waals surface area (Å²) < 4.78 is 0. The number of fused-ring (bicyclic) bond motifs is 1. The van der Waals surface area contributed by atoms with Crippen molar-refractivity contribution in [2.75, 3.05) is 0 Å². The third kappa shape index (κ3) is 1.84. The van der Waals surface area contributed by atoms with Crippen molar-refractivity contribution >= 4 is 10.8 Å². The van der Waals surface area contributed by atoms with Gasteiger partial charge in [0.25, 0.3) is 0 Å². The van der Waals surface area contributed by atoms with Crippen molar-refractivity contribution in [1.29, 1.82) is 0 Å². The van der Waals surface area contributed by atoms with Gasteiger partial charge in [0.15, 0.2) is 0 Å². The molecule has 0 unspecified atom stereocenters. The van der Waals surface area contributed by atoms with Crippen LogP contribution in [0.3, 0.4) is 0 Å². The summed E-state index contributed by atoms with van der Waals surface area (Å²) in [4.78, 5) is 0. The predicted molar refractivity (Wildman–Crippen MR) is 42.8 cm³/mol. The zero-order chi connectivity index (χ0) is 6.81. The molecule has 0 radical (unpaired) electrons. The molecular weight excluding hydrogens is 143 g/mol. The first-order valence-electron chi connectivity index (χ1n) is 3.32. The molecule has 0 saturated heterocycles. The molecule has 0 nitrogen and oxygen atoms in total. The third-order valence-corrected chi connectivity index (χ3v) is 1.57. The van der Waals surface area contributed by atoms with Crippen LogP contribution in [0.2, 0.25) is 0 Å². The summed E-state index contributed by atoms with van der Waals surface area (Å²) in [6, 6.07) is 17.4. The van der Waals surface area contributed by atoms with Crippen LogP contribution in [0.25, 0.3) is 10.8 Å². The van der Waals surface area contributed by atoms with Crippen LogP contribution < -0.4 is 29.6 Å². The molecule has 0 aromatic heterocycles. The Morgan fingerprint density at radius 1 is 0.909 bits per heavy atom. The first-order chi connectivity index (χ1) is 4.97. The van der Waals surface area contributed by atoms with Gasteiger partial charge < -0.3 is 0 Å². The number of hydrogen-bond acceptors (Lipinski definition) is 0. The van der Waals surface area contributed by atoms with Crippen LogP contribution >= 0.6 is 0 Å². The zero-order valence-electron chi connectivity index (χ0n) is 6.54. The van der Waals surface area contributed by atoms with Gasteiger partial charge in [-0.1, -0.05) is 12.1 Å². The monoisotopic (exact) mass is 150 g/mol. The van der Waals surface area contributed by atoms with E-state index >= 15 is 0 Å². The van der Waals surface area contributed by atoms with Crippen LogP contribution in [0, 0.1) is 6.07 Å². The standard InChI is InChI=1S/C10H7.Na/c1-2-6-10-8-4-3-7-9(10)5-1;/h1-7H;/q-1;+1. The van der Waals surface area contributed by atoms with Gasteiger partial charge in [0.1, 0.15) is 0 Å². The van der Waals surface area contributed by atoms with E-state index in [1.807, 2.05) is 24.3 Å². The molecule has 2 rings (SSSR count). The molecule has 0 spiro atoms. The van der Waals surface area contributed by atoms with E-state index in [-0.39, 0.29) is 29.6 Å². The van der Waals surface area contributed by atoms with Crippen molar-refractivity contribution in [3.8, 4) is 0 Å². The van der Waals surface area contributed by atoms with Gasteiger partial charge in [-0.05, 0) is 0 Å². The van der Waals surface area contributed by atoms with Gasteiger partial charge >= 0.3 is 29.6 Å². The van der Waals surface area contributed by atoms with E-state index in [4.69, 9.17) is 0 Å². The average Bonchev–Trinajstić information content (AvgIpc) is 2.05. The van der Waals surface area contributed by atoms with Crippen LogP contribution in [0.1, 0.15) is 0 Å². The molecule has 0 fully saturated rings. The van der Waals surface area contributed by atoms with E-state index in [2.05, 4.69) is 24.3 Å². The Kier molecular flexibility index (Phi) is 3.13. The Hall–Kier alpha value is -0.300. The number of benzene rings is 2. The van der Waals surface area contributed by atoms with E-state index < -0.39 is 0 Å². The van der Waals surface area contributed by atoms with E-state index in [1.165, 1.54) is 10.8 Å². The van der Waals surface area contributed by atoms with Gasteiger partial charge in [-0.15, -0.1) is 47.2 Å². The van der Waals surface area contributed by atoms with Crippen molar-refractivity contribution in [1.82, 2.24) is 0 Å². The fraction of sp³-hybridized carbons (Fsp3) is 0.